The maximum atomic E-state index is 9.63. The van der Waals surface area contributed by atoms with Crippen LogP contribution in [0.1, 0.15) is 37.2 Å². The van der Waals surface area contributed by atoms with E-state index < -0.39 is 5.41 Å². The van der Waals surface area contributed by atoms with E-state index in [-0.39, 0.29) is 11.8 Å². The van der Waals surface area contributed by atoms with Crippen LogP contribution in [0.4, 0.5) is 0 Å². The molecule has 0 saturated carbocycles. The SMILES string of the molecule is N#CC1(C#N)CC=C[C@@H](c2ccc(Cl)cc2)[C@@H]2CCCC=C21. The van der Waals surface area contributed by atoms with Crippen molar-refractivity contribution in [3.8, 4) is 12.1 Å². The van der Waals surface area contributed by atoms with Crippen LogP contribution in [0.2, 0.25) is 5.02 Å². The molecule has 3 heteroatoms. The fourth-order valence-corrected chi connectivity index (χ4v) is 3.81. The summed E-state index contributed by atoms with van der Waals surface area (Å²) in [6.07, 6.45) is 9.88. The highest BCUT2D eigenvalue weighted by Crippen LogP contribution is 2.49. The normalized spacial score (nSPS) is 26.0. The molecule has 0 unspecified atom stereocenters. The van der Waals surface area contributed by atoms with E-state index in [0.717, 1.165) is 29.9 Å². The molecule has 0 amide bonds. The lowest BCUT2D eigenvalue weighted by atomic mass is 9.67. The summed E-state index contributed by atoms with van der Waals surface area (Å²) in [5.41, 5.74) is 1.22. The maximum Gasteiger partial charge on any atom is 0.168 e. The molecule has 0 heterocycles. The van der Waals surface area contributed by atoms with Crippen molar-refractivity contribution in [3.05, 3.63) is 58.7 Å². The molecule has 0 N–H and O–H groups in total. The fourth-order valence-electron chi connectivity index (χ4n) is 3.68. The van der Waals surface area contributed by atoms with Gasteiger partial charge in [0.15, 0.2) is 5.41 Å². The molecule has 0 aliphatic heterocycles. The van der Waals surface area contributed by atoms with Gasteiger partial charge in [-0.2, -0.15) is 10.5 Å². The zero-order valence-electron chi connectivity index (χ0n) is 12.3. The minimum Gasteiger partial charge on any atom is -0.196 e. The number of rotatable bonds is 1. The highest BCUT2D eigenvalue weighted by Gasteiger charge is 2.42. The van der Waals surface area contributed by atoms with Crippen LogP contribution in [-0.4, -0.2) is 0 Å². The van der Waals surface area contributed by atoms with Crippen LogP contribution in [0, 0.1) is 34.0 Å². The molecular formula is C19H17ClN2. The molecule has 3 rings (SSSR count). The molecule has 1 aromatic carbocycles. The molecule has 0 radical (unpaired) electrons. The van der Waals surface area contributed by atoms with E-state index in [0.29, 0.717) is 6.42 Å². The van der Waals surface area contributed by atoms with Gasteiger partial charge in [0.2, 0.25) is 0 Å². The third kappa shape index (κ3) is 2.45. The van der Waals surface area contributed by atoms with Crippen molar-refractivity contribution >= 4 is 11.6 Å². The Morgan fingerprint density at radius 2 is 1.86 bits per heavy atom. The van der Waals surface area contributed by atoms with E-state index in [4.69, 9.17) is 11.6 Å². The minimum atomic E-state index is -0.997. The minimum absolute atomic E-state index is 0.215. The summed E-state index contributed by atoms with van der Waals surface area (Å²) in [5.74, 6) is 0.445. The van der Waals surface area contributed by atoms with Gasteiger partial charge >= 0.3 is 0 Å². The molecule has 2 atom stereocenters. The first-order chi connectivity index (χ1) is 10.7. The largest absolute Gasteiger partial charge is 0.196 e. The van der Waals surface area contributed by atoms with Gasteiger partial charge in [0, 0.05) is 17.4 Å². The van der Waals surface area contributed by atoms with Crippen molar-refractivity contribution in [3.63, 3.8) is 0 Å². The second-order valence-corrected chi connectivity index (χ2v) is 6.47. The quantitative estimate of drug-likeness (QED) is 0.674. The van der Waals surface area contributed by atoms with Crippen LogP contribution in [0.3, 0.4) is 0 Å². The average molecular weight is 309 g/mol. The highest BCUT2D eigenvalue weighted by molar-refractivity contribution is 6.30. The summed E-state index contributed by atoms with van der Waals surface area (Å²) in [4.78, 5) is 0. The summed E-state index contributed by atoms with van der Waals surface area (Å²) >= 11 is 5.99. The van der Waals surface area contributed by atoms with E-state index in [1.807, 2.05) is 18.2 Å². The van der Waals surface area contributed by atoms with Crippen molar-refractivity contribution in [2.75, 3.05) is 0 Å². The Balaban J connectivity index is 2.07. The van der Waals surface area contributed by atoms with Crippen molar-refractivity contribution in [2.24, 2.45) is 11.3 Å². The van der Waals surface area contributed by atoms with Gasteiger partial charge in [0.1, 0.15) is 0 Å². The number of benzene rings is 1. The molecule has 2 nitrogen and oxygen atoms in total. The van der Waals surface area contributed by atoms with E-state index in [9.17, 15) is 10.5 Å². The molecule has 0 spiro atoms. The second-order valence-electron chi connectivity index (χ2n) is 6.04. The van der Waals surface area contributed by atoms with E-state index in [1.165, 1.54) is 5.56 Å². The number of halogens is 1. The van der Waals surface area contributed by atoms with Crippen LogP contribution in [0.25, 0.3) is 0 Å². The number of hydrogen-bond acceptors (Lipinski definition) is 2. The lowest BCUT2D eigenvalue weighted by Crippen LogP contribution is -2.27. The van der Waals surface area contributed by atoms with Crippen LogP contribution in [0.5, 0.6) is 0 Å². The Kier molecular flexibility index (Phi) is 4.06. The maximum absolute atomic E-state index is 9.63. The van der Waals surface area contributed by atoms with Crippen molar-refractivity contribution in [1.82, 2.24) is 0 Å². The number of nitriles is 2. The zero-order chi connectivity index (χ0) is 15.6. The second kappa shape index (κ2) is 5.99. The van der Waals surface area contributed by atoms with E-state index in [1.54, 1.807) is 0 Å². The predicted molar refractivity (Wildman–Crippen MR) is 87.0 cm³/mol. The van der Waals surface area contributed by atoms with Gasteiger partial charge in [-0.15, -0.1) is 0 Å². The summed E-state index contributed by atoms with van der Waals surface area (Å²) in [6.45, 7) is 0. The topological polar surface area (TPSA) is 47.6 Å². The van der Waals surface area contributed by atoms with Crippen molar-refractivity contribution in [1.29, 1.82) is 10.5 Å². The molecule has 110 valence electrons. The fraction of sp³-hybridized carbons (Fsp3) is 0.368. The summed E-state index contributed by atoms with van der Waals surface area (Å²) in [7, 11) is 0. The van der Waals surface area contributed by atoms with Gasteiger partial charge in [-0.3, -0.25) is 0 Å². The first-order valence-electron chi connectivity index (χ1n) is 7.65. The van der Waals surface area contributed by atoms with Gasteiger partial charge in [0.25, 0.3) is 0 Å². The standard InChI is InChI=1S/C19H17ClN2/c20-15-9-7-14(8-10-15)16-5-3-11-19(12-21,13-22)18-6-2-1-4-17(16)18/h3,5-10,16-17H,1-2,4,11H2/t16-,17-/m0/s1. The molecular weight excluding hydrogens is 292 g/mol. The monoisotopic (exact) mass is 308 g/mol. The molecule has 0 aromatic heterocycles. The van der Waals surface area contributed by atoms with E-state index >= 15 is 0 Å². The van der Waals surface area contributed by atoms with Gasteiger partial charge < -0.3 is 0 Å². The zero-order valence-corrected chi connectivity index (χ0v) is 13.1. The molecule has 1 aromatic rings. The predicted octanol–water partition coefficient (Wildman–Crippen LogP) is 5.14. The molecule has 2 aliphatic rings. The van der Waals surface area contributed by atoms with Gasteiger partial charge in [-0.25, -0.2) is 0 Å². The van der Waals surface area contributed by atoms with Crippen molar-refractivity contribution < 1.29 is 0 Å². The number of hydrogen-bond donors (Lipinski definition) is 0. The molecule has 2 aliphatic carbocycles. The Hall–Kier alpha value is -2.03. The van der Waals surface area contributed by atoms with Crippen LogP contribution in [-0.2, 0) is 0 Å². The smallest absolute Gasteiger partial charge is 0.168 e. The summed E-state index contributed by atoms with van der Waals surface area (Å²) < 4.78 is 0. The van der Waals surface area contributed by atoms with Gasteiger partial charge in [-0.05, 0) is 48.4 Å². The van der Waals surface area contributed by atoms with Crippen LogP contribution < -0.4 is 0 Å². The van der Waals surface area contributed by atoms with E-state index in [2.05, 4.69) is 36.4 Å². The Bertz CT molecular complexity index is 686. The molecule has 22 heavy (non-hydrogen) atoms. The molecule has 0 fully saturated rings. The Morgan fingerprint density at radius 1 is 1.14 bits per heavy atom. The lowest BCUT2D eigenvalue weighted by molar-refractivity contribution is 0.416. The highest BCUT2D eigenvalue weighted by atomic mass is 35.5. The Labute approximate surface area is 136 Å². The van der Waals surface area contributed by atoms with Gasteiger partial charge in [0.05, 0.1) is 12.1 Å². The van der Waals surface area contributed by atoms with Crippen LogP contribution in [0.15, 0.2) is 48.1 Å². The van der Waals surface area contributed by atoms with Gasteiger partial charge in [-0.1, -0.05) is 42.0 Å². The Morgan fingerprint density at radius 3 is 2.55 bits per heavy atom. The lowest BCUT2D eigenvalue weighted by Gasteiger charge is -2.34. The molecule has 0 saturated heterocycles. The number of nitrogens with zero attached hydrogens (tertiary/aromatic N) is 2. The summed E-state index contributed by atoms with van der Waals surface area (Å²) in [5, 5.41) is 20.0. The number of fused-ring (bicyclic) bond motifs is 1. The number of allylic oxidation sites excluding steroid dienone is 4. The third-order valence-electron chi connectivity index (χ3n) is 4.81. The molecule has 0 bridgehead atoms. The van der Waals surface area contributed by atoms with Crippen LogP contribution >= 0.6 is 11.6 Å². The first-order valence-corrected chi connectivity index (χ1v) is 8.03. The summed E-state index contributed by atoms with van der Waals surface area (Å²) in [6, 6.07) is 12.5. The third-order valence-corrected chi connectivity index (χ3v) is 5.07. The van der Waals surface area contributed by atoms with Crippen molar-refractivity contribution in [2.45, 2.75) is 31.6 Å². The average Bonchev–Trinajstić information content (AvgIpc) is 2.73. The first kappa shape index (κ1) is 14.9.